The van der Waals surface area contributed by atoms with Crippen molar-refractivity contribution in [2.75, 3.05) is 19.0 Å². The van der Waals surface area contributed by atoms with Crippen LogP contribution in [0.3, 0.4) is 0 Å². The van der Waals surface area contributed by atoms with E-state index in [1.807, 2.05) is 0 Å². The Bertz CT molecular complexity index is 426. The Morgan fingerprint density at radius 1 is 1.53 bits per heavy atom. The highest BCUT2D eigenvalue weighted by atomic mass is 19.1. The van der Waals surface area contributed by atoms with Crippen molar-refractivity contribution in [1.29, 1.82) is 0 Å². The number of nitrogens with one attached hydrogen (secondary N) is 1. The number of aliphatic hydroxyl groups excluding tert-OH is 1. The van der Waals surface area contributed by atoms with Gasteiger partial charge in [0, 0.05) is 12.1 Å². The highest BCUT2D eigenvalue weighted by Gasteiger charge is 2.16. The molecule has 1 unspecified atom stereocenters. The van der Waals surface area contributed by atoms with Crippen molar-refractivity contribution in [3.63, 3.8) is 0 Å². The van der Waals surface area contributed by atoms with Gasteiger partial charge in [0.1, 0.15) is 6.04 Å². The Kier molecular flexibility index (Phi) is 4.36. The molecule has 4 N–H and O–H groups in total. The molecule has 1 aromatic carbocycles. The molecule has 0 aromatic heterocycles. The molecule has 1 rings (SSSR count). The maximum absolute atomic E-state index is 13.4. The summed E-state index contributed by atoms with van der Waals surface area (Å²) in [6.07, 6.45) is 0. The van der Waals surface area contributed by atoms with E-state index in [1.54, 1.807) is 0 Å². The van der Waals surface area contributed by atoms with E-state index >= 15 is 0 Å². The average Bonchev–Trinajstić information content (AvgIpc) is 2.32. The van der Waals surface area contributed by atoms with Crippen LogP contribution in [0.4, 0.5) is 14.5 Å². The number of carbonyl (C=O) groups is 1. The third-order valence-corrected chi connectivity index (χ3v) is 2.03. The van der Waals surface area contributed by atoms with Gasteiger partial charge >= 0.3 is 0 Å². The van der Waals surface area contributed by atoms with Crippen molar-refractivity contribution >= 4 is 11.6 Å². The largest absolute Gasteiger partial charge is 0.494 e. The molecule has 0 radical (unpaired) electrons. The molecule has 0 aliphatic heterocycles. The van der Waals surface area contributed by atoms with Crippen molar-refractivity contribution in [2.45, 2.75) is 6.04 Å². The van der Waals surface area contributed by atoms with Crippen molar-refractivity contribution in [3.8, 4) is 5.75 Å². The van der Waals surface area contributed by atoms with Crippen molar-refractivity contribution in [2.24, 2.45) is 5.73 Å². The summed E-state index contributed by atoms with van der Waals surface area (Å²) >= 11 is 0. The Labute approximate surface area is 96.2 Å². The first-order valence-corrected chi connectivity index (χ1v) is 4.70. The maximum Gasteiger partial charge on any atom is 0.243 e. The van der Waals surface area contributed by atoms with Crippen LogP contribution in [0.1, 0.15) is 0 Å². The van der Waals surface area contributed by atoms with Gasteiger partial charge in [-0.15, -0.1) is 0 Å². The van der Waals surface area contributed by atoms with Crippen LogP contribution in [0.15, 0.2) is 12.1 Å². The molecule has 0 bridgehead atoms. The minimum absolute atomic E-state index is 0.271. The minimum atomic E-state index is -1.19. The lowest BCUT2D eigenvalue weighted by molar-refractivity contribution is -0.118. The van der Waals surface area contributed by atoms with E-state index in [-0.39, 0.29) is 11.4 Å². The molecular weight excluding hydrogens is 234 g/mol. The second kappa shape index (κ2) is 5.55. The Balaban J connectivity index is 2.92. The number of aliphatic hydroxyl groups is 1. The van der Waals surface area contributed by atoms with Gasteiger partial charge in [0.2, 0.25) is 5.91 Å². The second-order valence-corrected chi connectivity index (χ2v) is 3.24. The van der Waals surface area contributed by atoms with Crippen LogP contribution >= 0.6 is 0 Å². The SMILES string of the molecule is COc1cc(F)c(NC(=O)C(N)CO)cc1F. The summed E-state index contributed by atoms with van der Waals surface area (Å²) in [7, 11) is 1.19. The summed E-state index contributed by atoms with van der Waals surface area (Å²) < 4.78 is 31.2. The van der Waals surface area contributed by atoms with Gasteiger partial charge in [-0.3, -0.25) is 4.79 Å². The molecule has 1 amide bonds. The number of benzene rings is 1. The van der Waals surface area contributed by atoms with Gasteiger partial charge in [0.05, 0.1) is 19.4 Å². The zero-order valence-electron chi connectivity index (χ0n) is 9.04. The number of hydrogen-bond acceptors (Lipinski definition) is 4. The number of hydrogen-bond donors (Lipinski definition) is 3. The highest BCUT2D eigenvalue weighted by molar-refractivity contribution is 5.94. The summed E-state index contributed by atoms with van der Waals surface area (Å²) in [4.78, 5) is 11.2. The van der Waals surface area contributed by atoms with Gasteiger partial charge in [0.15, 0.2) is 17.4 Å². The van der Waals surface area contributed by atoms with Crippen LogP contribution in [-0.2, 0) is 4.79 Å². The predicted molar refractivity (Wildman–Crippen MR) is 56.6 cm³/mol. The maximum atomic E-state index is 13.4. The van der Waals surface area contributed by atoms with Gasteiger partial charge in [-0.25, -0.2) is 8.78 Å². The van der Waals surface area contributed by atoms with Crippen LogP contribution in [-0.4, -0.2) is 30.8 Å². The molecular formula is C10H12F2N2O3. The molecule has 0 spiro atoms. The number of methoxy groups -OCH3 is 1. The molecule has 17 heavy (non-hydrogen) atoms. The molecule has 94 valence electrons. The first-order chi connectivity index (χ1) is 7.99. The van der Waals surface area contributed by atoms with Crippen LogP contribution in [0.5, 0.6) is 5.75 Å². The van der Waals surface area contributed by atoms with Gasteiger partial charge in [-0.05, 0) is 0 Å². The third kappa shape index (κ3) is 3.11. The summed E-state index contributed by atoms with van der Waals surface area (Å²) in [5.74, 6) is -2.76. The Morgan fingerprint density at radius 3 is 2.71 bits per heavy atom. The van der Waals surface area contributed by atoms with E-state index in [1.165, 1.54) is 7.11 Å². The van der Waals surface area contributed by atoms with Crippen LogP contribution in [0, 0.1) is 11.6 Å². The Hall–Kier alpha value is -1.73. The molecule has 1 aromatic rings. The van der Waals surface area contributed by atoms with Crippen molar-refractivity contribution in [1.82, 2.24) is 0 Å². The van der Waals surface area contributed by atoms with E-state index in [0.29, 0.717) is 0 Å². The first kappa shape index (κ1) is 13.3. The van der Waals surface area contributed by atoms with Gasteiger partial charge in [-0.2, -0.15) is 0 Å². The average molecular weight is 246 g/mol. The number of ether oxygens (including phenoxy) is 1. The first-order valence-electron chi connectivity index (χ1n) is 4.70. The quantitative estimate of drug-likeness (QED) is 0.710. The molecule has 0 aliphatic rings. The minimum Gasteiger partial charge on any atom is -0.494 e. The number of amides is 1. The van der Waals surface area contributed by atoms with E-state index in [2.05, 4.69) is 10.1 Å². The molecule has 1 atom stereocenters. The molecule has 0 aliphatic carbocycles. The predicted octanol–water partition coefficient (Wildman–Crippen LogP) is 0.232. The van der Waals surface area contributed by atoms with Crippen molar-refractivity contribution < 1.29 is 23.4 Å². The standard InChI is InChI=1S/C10H12F2N2O3/c1-17-9-3-5(11)8(2-6(9)12)14-10(16)7(13)4-15/h2-3,7,15H,4,13H2,1H3,(H,14,16). The molecule has 0 saturated carbocycles. The summed E-state index contributed by atoms with van der Waals surface area (Å²) in [6.45, 7) is -0.591. The third-order valence-electron chi connectivity index (χ3n) is 2.03. The number of carbonyl (C=O) groups excluding carboxylic acids is 1. The smallest absolute Gasteiger partial charge is 0.243 e. The van der Waals surface area contributed by atoms with Gasteiger partial charge in [0.25, 0.3) is 0 Å². The Morgan fingerprint density at radius 2 is 2.18 bits per heavy atom. The summed E-state index contributed by atoms with van der Waals surface area (Å²) in [5.41, 5.74) is 4.84. The van der Waals surface area contributed by atoms with E-state index in [4.69, 9.17) is 10.8 Å². The van der Waals surface area contributed by atoms with Crippen molar-refractivity contribution in [3.05, 3.63) is 23.8 Å². The highest BCUT2D eigenvalue weighted by Crippen LogP contribution is 2.24. The number of anilines is 1. The second-order valence-electron chi connectivity index (χ2n) is 3.24. The number of halogens is 2. The molecule has 0 heterocycles. The summed E-state index contributed by atoms with van der Waals surface area (Å²) in [6, 6.07) is 0.380. The lowest BCUT2D eigenvalue weighted by Crippen LogP contribution is -2.38. The zero-order valence-corrected chi connectivity index (χ0v) is 9.04. The fraction of sp³-hybridized carbons (Fsp3) is 0.300. The molecule has 0 fully saturated rings. The lowest BCUT2D eigenvalue weighted by Gasteiger charge is -2.11. The topological polar surface area (TPSA) is 84.6 Å². The van der Waals surface area contributed by atoms with E-state index < -0.39 is 30.2 Å². The van der Waals surface area contributed by atoms with Crippen LogP contribution < -0.4 is 15.8 Å². The van der Waals surface area contributed by atoms with Gasteiger partial charge < -0.3 is 20.9 Å². The fourth-order valence-corrected chi connectivity index (χ4v) is 1.09. The zero-order chi connectivity index (χ0) is 13.0. The monoisotopic (exact) mass is 246 g/mol. The molecule has 0 saturated heterocycles. The number of nitrogens with two attached hydrogens (primary N) is 1. The van der Waals surface area contributed by atoms with E-state index in [9.17, 15) is 13.6 Å². The molecule has 7 heteroatoms. The normalized spacial score (nSPS) is 12.1. The summed E-state index contributed by atoms with van der Waals surface area (Å²) in [5, 5.41) is 10.7. The lowest BCUT2D eigenvalue weighted by atomic mass is 10.2. The number of rotatable bonds is 4. The van der Waals surface area contributed by atoms with Crippen LogP contribution in [0.25, 0.3) is 0 Å². The van der Waals surface area contributed by atoms with Crippen LogP contribution in [0.2, 0.25) is 0 Å². The van der Waals surface area contributed by atoms with Gasteiger partial charge in [-0.1, -0.05) is 0 Å². The fourth-order valence-electron chi connectivity index (χ4n) is 1.09. The molecule has 5 nitrogen and oxygen atoms in total. The van der Waals surface area contributed by atoms with E-state index in [0.717, 1.165) is 12.1 Å².